The highest BCUT2D eigenvalue weighted by atomic mass is 79.9. The van der Waals surface area contributed by atoms with Gasteiger partial charge in [0.1, 0.15) is 6.10 Å². The van der Waals surface area contributed by atoms with Gasteiger partial charge in [-0.05, 0) is 43.1 Å². The number of halogens is 2. The van der Waals surface area contributed by atoms with E-state index in [4.69, 9.17) is 4.74 Å². The predicted octanol–water partition coefficient (Wildman–Crippen LogP) is 7.02. The van der Waals surface area contributed by atoms with Crippen LogP contribution in [0.15, 0.2) is 84.9 Å². The Hall–Kier alpha value is -1.65. The monoisotopic (exact) mass is 487 g/mol. The lowest BCUT2D eigenvalue weighted by Gasteiger charge is -2.37. The zero-order valence-electron chi connectivity index (χ0n) is 17.9. The molecule has 0 fully saturated rings. The van der Waals surface area contributed by atoms with E-state index in [0.29, 0.717) is 6.61 Å². The molecule has 0 spiro atoms. The Labute approximate surface area is 195 Å². The highest BCUT2D eigenvalue weighted by Gasteiger charge is 2.26. The molecule has 0 saturated heterocycles. The van der Waals surface area contributed by atoms with E-state index >= 15 is 0 Å². The van der Waals surface area contributed by atoms with Gasteiger partial charge in [0, 0.05) is 17.4 Å². The van der Waals surface area contributed by atoms with Crippen molar-refractivity contribution in [3.63, 3.8) is 0 Å². The van der Waals surface area contributed by atoms with Gasteiger partial charge in [0.05, 0.1) is 6.61 Å². The van der Waals surface area contributed by atoms with Gasteiger partial charge < -0.3 is 4.74 Å². The van der Waals surface area contributed by atoms with Crippen LogP contribution in [0.25, 0.3) is 0 Å². The van der Waals surface area contributed by atoms with Crippen LogP contribution >= 0.6 is 28.3 Å². The van der Waals surface area contributed by atoms with Crippen molar-refractivity contribution in [1.82, 2.24) is 4.90 Å². The van der Waals surface area contributed by atoms with Gasteiger partial charge in [-0.25, -0.2) is 0 Å². The Balaban J connectivity index is 0.00000320. The minimum absolute atomic E-state index is 0. The van der Waals surface area contributed by atoms with E-state index in [1.165, 1.54) is 22.3 Å². The molecule has 0 aromatic heterocycles. The molecular formula is C26H31BrClNO. The second-order valence-corrected chi connectivity index (χ2v) is 8.69. The number of alkyl halides is 1. The third-order valence-corrected chi connectivity index (χ3v) is 6.09. The van der Waals surface area contributed by atoms with Gasteiger partial charge in [-0.15, -0.1) is 12.4 Å². The Morgan fingerprint density at radius 3 is 1.73 bits per heavy atom. The first-order valence-corrected chi connectivity index (χ1v) is 11.2. The lowest BCUT2D eigenvalue weighted by atomic mass is 10.00. The fourth-order valence-corrected chi connectivity index (χ4v) is 3.63. The summed E-state index contributed by atoms with van der Waals surface area (Å²) in [5, 5.41) is 0.892. The number of hydrogen-bond acceptors (Lipinski definition) is 2. The predicted molar refractivity (Wildman–Crippen MR) is 133 cm³/mol. The lowest BCUT2D eigenvalue weighted by molar-refractivity contribution is -0.00737. The highest BCUT2D eigenvalue weighted by Crippen LogP contribution is 2.28. The largest absolute Gasteiger partial charge is 0.367 e. The first kappa shape index (κ1) is 24.6. The number of nitrogens with zero attached hydrogens (tertiary/aromatic N) is 1. The van der Waals surface area contributed by atoms with Crippen LogP contribution < -0.4 is 0 Å². The van der Waals surface area contributed by atoms with Crippen LogP contribution in [0.3, 0.4) is 0 Å². The SMILES string of the molecule is CN(Cc1ccc(CBr)cc1)C(C)(C)COC(c1ccccc1)c1ccccc1.Cl. The summed E-state index contributed by atoms with van der Waals surface area (Å²) in [5.74, 6) is 0. The highest BCUT2D eigenvalue weighted by molar-refractivity contribution is 9.08. The van der Waals surface area contributed by atoms with Gasteiger partial charge in [0.25, 0.3) is 0 Å². The second-order valence-electron chi connectivity index (χ2n) is 8.13. The first-order chi connectivity index (χ1) is 14.0. The Bertz CT molecular complexity index is 829. The van der Waals surface area contributed by atoms with E-state index < -0.39 is 0 Å². The molecule has 3 aromatic carbocycles. The molecule has 0 radical (unpaired) electrons. The minimum Gasteiger partial charge on any atom is -0.367 e. The average Bonchev–Trinajstić information content (AvgIpc) is 2.76. The molecule has 0 saturated carbocycles. The van der Waals surface area contributed by atoms with Crippen molar-refractivity contribution in [3.8, 4) is 0 Å². The zero-order chi connectivity index (χ0) is 20.7. The molecule has 0 bridgehead atoms. The third kappa shape index (κ3) is 6.68. The van der Waals surface area contributed by atoms with Crippen LogP contribution in [-0.2, 0) is 16.6 Å². The molecule has 30 heavy (non-hydrogen) atoms. The average molecular weight is 489 g/mol. The molecule has 3 rings (SSSR count). The van der Waals surface area contributed by atoms with E-state index in [1.807, 2.05) is 12.1 Å². The van der Waals surface area contributed by atoms with Crippen molar-refractivity contribution in [2.24, 2.45) is 0 Å². The van der Waals surface area contributed by atoms with Crippen LogP contribution in [0.2, 0.25) is 0 Å². The van der Waals surface area contributed by atoms with Gasteiger partial charge in [0.15, 0.2) is 0 Å². The molecule has 3 aromatic rings. The molecule has 0 aliphatic rings. The molecule has 0 atom stereocenters. The van der Waals surface area contributed by atoms with Gasteiger partial charge in [-0.2, -0.15) is 0 Å². The minimum atomic E-state index is -0.101. The van der Waals surface area contributed by atoms with E-state index in [1.54, 1.807) is 0 Å². The van der Waals surface area contributed by atoms with Crippen molar-refractivity contribution in [1.29, 1.82) is 0 Å². The molecule has 2 nitrogen and oxygen atoms in total. The van der Waals surface area contributed by atoms with Crippen LogP contribution in [0.1, 0.15) is 42.2 Å². The summed E-state index contributed by atoms with van der Waals surface area (Å²) < 4.78 is 6.53. The van der Waals surface area contributed by atoms with E-state index in [-0.39, 0.29) is 24.0 Å². The van der Waals surface area contributed by atoms with Crippen molar-refractivity contribution < 1.29 is 4.74 Å². The quantitative estimate of drug-likeness (QED) is 0.300. The Morgan fingerprint density at radius 1 is 0.800 bits per heavy atom. The molecule has 0 amide bonds. The zero-order valence-corrected chi connectivity index (χ0v) is 20.3. The number of hydrogen-bond donors (Lipinski definition) is 0. The lowest BCUT2D eigenvalue weighted by Crippen LogP contribution is -2.44. The number of ether oxygens (including phenoxy) is 1. The van der Waals surface area contributed by atoms with Crippen LogP contribution in [-0.4, -0.2) is 24.1 Å². The Kier molecular flexibility index (Phi) is 9.57. The summed E-state index contributed by atoms with van der Waals surface area (Å²) in [5.41, 5.74) is 4.88. The number of benzene rings is 3. The maximum atomic E-state index is 6.53. The van der Waals surface area contributed by atoms with Gasteiger partial charge in [-0.1, -0.05) is 101 Å². The maximum Gasteiger partial charge on any atom is 0.108 e. The molecule has 0 aliphatic carbocycles. The standard InChI is InChI=1S/C26H30BrNO.ClH/c1-26(2,28(3)19-22-16-14-21(18-27)15-17-22)20-29-25(23-10-6-4-7-11-23)24-12-8-5-9-13-24;/h4-17,25H,18-20H2,1-3H3;1H. The van der Waals surface area contributed by atoms with Gasteiger partial charge in [0.2, 0.25) is 0 Å². The van der Waals surface area contributed by atoms with Gasteiger partial charge in [-0.3, -0.25) is 4.90 Å². The molecule has 4 heteroatoms. The van der Waals surface area contributed by atoms with Crippen molar-refractivity contribution in [3.05, 3.63) is 107 Å². The van der Waals surface area contributed by atoms with E-state index in [2.05, 4.69) is 115 Å². The summed E-state index contributed by atoms with van der Waals surface area (Å²) in [4.78, 5) is 2.36. The summed E-state index contributed by atoms with van der Waals surface area (Å²) >= 11 is 3.51. The molecule has 160 valence electrons. The van der Waals surface area contributed by atoms with Crippen molar-refractivity contribution >= 4 is 28.3 Å². The molecule has 0 heterocycles. The Morgan fingerprint density at radius 2 is 1.27 bits per heavy atom. The smallest absolute Gasteiger partial charge is 0.108 e. The van der Waals surface area contributed by atoms with Gasteiger partial charge >= 0.3 is 0 Å². The fourth-order valence-electron chi connectivity index (χ4n) is 3.26. The number of rotatable bonds is 9. The first-order valence-electron chi connectivity index (χ1n) is 10.1. The summed E-state index contributed by atoms with van der Waals surface area (Å²) in [6.07, 6.45) is -0.0664. The number of likely N-dealkylation sites (N-methyl/N-ethyl adjacent to an activating group) is 1. The molecule has 0 aliphatic heterocycles. The van der Waals surface area contributed by atoms with E-state index in [9.17, 15) is 0 Å². The van der Waals surface area contributed by atoms with E-state index in [0.717, 1.165) is 11.9 Å². The van der Waals surface area contributed by atoms with Crippen LogP contribution in [0.5, 0.6) is 0 Å². The van der Waals surface area contributed by atoms with Crippen LogP contribution in [0.4, 0.5) is 0 Å². The topological polar surface area (TPSA) is 12.5 Å². The van der Waals surface area contributed by atoms with Crippen LogP contribution in [0, 0.1) is 0 Å². The molecule has 0 N–H and O–H groups in total. The van der Waals surface area contributed by atoms with Crippen molar-refractivity contribution in [2.75, 3.05) is 13.7 Å². The summed E-state index contributed by atoms with van der Waals surface area (Å²) in [7, 11) is 2.17. The molecular weight excluding hydrogens is 458 g/mol. The second kappa shape index (κ2) is 11.7. The summed E-state index contributed by atoms with van der Waals surface area (Å²) in [6, 6.07) is 29.7. The summed E-state index contributed by atoms with van der Waals surface area (Å²) in [6.45, 7) is 6.01. The molecule has 0 unspecified atom stereocenters. The maximum absolute atomic E-state index is 6.53. The normalized spacial score (nSPS) is 11.5. The third-order valence-electron chi connectivity index (χ3n) is 5.44. The fraction of sp³-hybridized carbons (Fsp3) is 0.308. The van der Waals surface area contributed by atoms with Crippen molar-refractivity contribution in [2.45, 2.75) is 37.4 Å².